The normalized spacial score (nSPS) is 16.1. The number of amides is 1. The van der Waals surface area contributed by atoms with Gasteiger partial charge in [-0.15, -0.1) is 0 Å². The lowest BCUT2D eigenvalue weighted by molar-refractivity contribution is 0.108. The average molecular weight is 491 g/mol. The van der Waals surface area contributed by atoms with Crippen molar-refractivity contribution in [3.8, 4) is 28.6 Å². The van der Waals surface area contributed by atoms with Crippen LogP contribution in [-0.2, 0) is 4.74 Å². The molecule has 0 spiro atoms. The van der Waals surface area contributed by atoms with Gasteiger partial charge >= 0.3 is 6.09 Å². The van der Waals surface area contributed by atoms with Crippen LogP contribution in [-0.4, -0.2) is 21.7 Å². The molecule has 1 atom stereocenters. The molecule has 0 bridgehead atoms. The number of ether oxygens (including phenoxy) is 1. The molecule has 2 aliphatic rings. The summed E-state index contributed by atoms with van der Waals surface area (Å²) in [4.78, 5) is 16.9. The van der Waals surface area contributed by atoms with E-state index < -0.39 is 6.09 Å². The minimum absolute atomic E-state index is 0.0598. The molecular formula is C31H30N4O2. The lowest BCUT2D eigenvalue weighted by Crippen LogP contribution is -2.21. The molecule has 2 aromatic carbocycles. The Bertz CT molecular complexity index is 1520. The molecule has 2 saturated carbocycles. The third-order valence-corrected chi connectivity index (χ3v) is 7.82. The number of carbonyl (C=O) groups excluding carboxylic acids is 1. The Morgan fingerprint density at radius 1 is 1.11 bits per heavy atom. The van der Waals surface area contributed by atoms with Crippen LogP contribution in [0.4, 0.5) is 10.5 Å². The summed E-state index contributed by atoms with van der Waals surface area (Å²) in [5, 5.41) is 14.1. The van der Waals surface area contributed by atoms with E-state index in [4.69, 9.17) is 4.74 Å². The van der Waals surface area contributed by atoms with E-state index in [9.17, 15) is 10.1 Å². The van der Waals surface area contributed by atoms with E-state index in [0.29, 0.717) is 23.2 Å². The highest BCUT2D eigenvalue weighted by Gasteiger charge is 2.31. The second kappa shape index (κ2) is 9.40. The molecule has 37 heavy (non-hydrogen) atoms. The average Bonchev–Trinajstić information content (AvgIpc) is 3.67. The van der Waals surface area contributed by atoms with Crippen molar-refractivity contribution in [3.63, 3.8) is 0 Å². The van der Waals surface area contributed by atoms with Gasteiger partial charge in [0.15, 0.2) is 0 Å². The van der Waals surface area contributed by atoms with Gasteiger partial charge < -0.3 is 9.30 Å². The summed E-state index contributed by atoms with van der Waals surface area (Å²) in [6.45, 7) is 4.02. The zero-order valence-electron chi connectivity index (χ0n) is 21.2. The quantitative estimate of drug-likeness (QED) is 0.301. The Morgan fingerprint density at radius 2 is 1.86 bits per heavy atom. The van der Waals surface area contributed by atoms with Gasteiger partial charge in [0.2, 0.25) is 0 Å². The number of hydrogen-bond acceptors (Lipinski definition) is 4. The molecule has 2 heterocycles. The molecule has 6 heteroatoms. The van der Waals surface area contributed by atoms with Crippen molar-refractivity contribution in [3.05, 3.63) is 71.9 Å². The summed E-state index contributed by atoms with van der Waals surface area (Å²) in [6, 6.07) is 20.9. The summed E-state index contributed by atoms with van der Waals surface area (Å²) in [5.41, 5.74) is 7.46. The molecule has 0 saturated heterocycles. The summed E-state index contributed by atoms with van der Waals surface area (Å²) >= 11 is 0. The van der Waals surface area contributed by atoms with Crippen molar-refractivity contribution < 1.29 is 9.53 Å². The van der Waals surface area contributed by atoms with Crippen molar-refractivity contribution in [2.24, 2.45) is 5.92 Å². The van der Waals surface area contributed by atoms with E-state index in [1.54, 1.807) is 0 Å². The number of carbonyl (C=O) groups is 1. The second-order valence-corrected chi connectivity index (χ2v) is 10.3. The van der Waals surface area contributed by atoms with E-state index in [-0.39, 0.29) is 6.10 Å². The smallest absolute Gasteiger partial charge is 0.411 e. The SMILES string of the molecule is Cc1cccnc1-c1ccc2c(C#N)c(-c3ccc(NC(=O)O[C@H](C)C4CC4)cc3)n(C3CCC3)c2c1. The number of anilines is 1. The number of benzene rings is 2. The molecule has 4 aromatic rings. The first-order valence-corrected chi connectivity index (χ1v) is 13.1. The minimum Gasteiger partial charge on any atom is -0.446 e. The van der Waals surface area contributed by atoms with Gasteiger partial charge in [0.05, 0.1) is 22.5 Å². The first kappa shape index (κ1) is 23.3. The standard InChI is InChI=1S/C31H30N4O2/c1-19-5-4-16-33-29(19)23-12-15-26-27(18-32)30(35(28(26)17-23)25-6-3-7-25)22-10-13-24(14-11-22)34-31(36)37-20(2)21-8-9-21/h4-5,10-17,20-21,25H,3,6-9H2,1-2H3,(H,34,36)/t20-/m1/s1. The van der Waals surface area contributed by atoms with Gasteiger partial charge in [0.25, 0.3) is 0 Å². The Kier molecular flexibility index (Phi) is 5.92. The fraction of sp³-hybridized carbons (Fsp3) is 0.323. The molecule has 2 aromatic heterocycles. The van der Waals surface area contributed by atoms with E-state index in [0.717, 1.165) is 64.7 Å². The summed E-state index contributed by atoms with van der Waals surface area (Å²) in [5.74, 6) is 0.494. The van der Waals surface area contributed by atoms with E-state index in [1.165, 1.54) is 6.42 Å². The first-order valence-electron chi connectivity index (χ1n) is 13.1. The number of fused-ring (bicyclic) bond motifs is 1. The zero-order chi connectivity index (χ0) is 25.5. The second-order valence-electron chi connectivity index (χ2n) is 10.3. The topological polar surface area (TPSA) is 79.9 Å². The molecule has 0 aliphatic heterocycles. The van der Waals surface area contributed by atoms with Crippen LogP contribution in [0.2, 0.25) is 0 Å². The number of nitriles is 1. The molecule has 6 nitrogen and oxygen atoms in total. The van der Waals surface area contributed by atoms with Gasteiger partial charge in [-0.3, -0.25) is 10.3 Å². The van der Waals surface area contributed by atoms with Crippen molar-refractivity contribution in [1.82, 2.24) is 9.55 Å². The van der Waals surface area contributed by atoms with Gasteiger partial charge in [-0.05, 0) is 87.3 Å². The maximum Gasteiger partial charge on any atom is 0.411 e. The largest absolute Gasteiger partial charge is 0.446 e. The molecule has 1 amide bonds. The van der Waals surface area contributed by atoms with Crippen LogP contribution in [0.3, 0.4) is 0 Å². The number of nitrogens with zero attached hydrogens (tertiary/aromatic N) is 3. The van der Waals surface area contributed by atoms with Crippen molar-refractivity contribution in [2.75, 3.05) is 5.32 Å². The molecule has 186 valence electrons. The lowest BCUT2D eigenvalue weighted by Gasteiger charge is -2.30. The zero-order valence-corrected chi connectivity index (χ0v) is 21.2. The molecule has 0 radical (unpaired) electrons. The van der Waals surface area contributed by atoms with Gasteiger partial charge in [0, 0.05) is 28.9 Å². The third-order valence-electron chi connectivity index (χ3n) is 7.82. The van der Waals surface area contributed by atoms with Crippen molar-refractivity contribution in [2.45, 2.75) is 58.1 Å². The van der Waals surface area contributed by atoms with Gasteiger partial charge in [-0.2, -0.15) is 5.26 Å². The number of hydrogen-bond donors (Lipinski definition) is 1. The van der Waals surface area contributed by atoms with Crippen LogP contribution in [0.15, 0.2) is 60.8 Å². The Hall–Kier alpha value is -4.11. The van der Waals surface area contributed by atoms with Crippen LogP contribution in [0.1, 0.15) is 56.2 Å². The Balaban J connectivity index is 1.38. The third kappa shape index (κ3) is 4.35. The van der Waals surface area contributed by atoms with Crippen LogP contribution in [0, 0.1) is 24.2 Å². The molecule has 0 unspecified atom stereocenters. The summed E-state index contributed by atoms with van der Waals surface area (Å²) in [7, 11) is 0. The fourth-order valence-corrected chi connectivity index (χ4v) is 5.36. The number of pyridine rings is 1. The maximum atomic E-state index is 12.3. The predicted octanol–water partition coefficient (Wildman–Crippen LogP) is 7.62. The van der Waals surface area contributed by atoms with Crippen molar-refractivity contribution in [1.29, 1.82) is 5.26 Å². The van der Waals surface area contributed by atoms with Crippen LogP contribution in [0.25, 0.3) is 33.4 Å². The maximum absolute atomic E-state index is 12.3. The number of nitrogens with one attached hydrogen (secondary N) is 1. The first-order chi connectivity index (χ1) is 18.0. The van der Waals surface area contributed by atoms with E-state index in [1.807, 2.05) is 43.5 Å². The van der Waals surface area contributed by atoms with Gasteiger partial charge in [-0.25, -0.2) is 4.79 Å². The summed E-state index contributed by atoms with van der Waals surface area (Å²) < 4.78 is 7.85. The fourth-order valence-electron chi connectivity index (χ4n) is 5.36. The molecule has 1 N–H and O–H groups in total. The van der Waals surface area contributed by atoms with Gasteiger partial charge in [0.1, 0.15) is 12.2 Å². The Labute approximate surface area is 216 Å². The minimum atomic E-state index is -0.425. The number of aryl methyl sites for hydroxylation is 1. The van der Waals surface area contributed by atoms with Gasteiger partial charge in [-0.1, -0.05) is 30.3 Å². The van der Waals surface area contributed by atoms with Crippen LogP contribution in [0.5, 0.6) is 0 Å². The van der Waals surface area contributed by atoms with Crippen LogP contribution < -0.4 is 5.32 Å². The number of aromatic nitrogens is 2. The molecular weight excluding hydrogens is 460 g/mol. The monoisotopic (exact) mass is 490 g/mol. The highest BCUT2D eigenvalue weighted by molar-refractivity contribution is 5.97. The van der Waals surface area contributed by atoms with Crippen molar-refractivity contribution >= 4 is 22.7 Å². The molecule has 6 rings (SSSR count). The molecule has 2 aliphatic carbocycles. The van der Waals surface area contributed by atoms with E-state index >= 15 is 0 Å². The molecule has 2 fully saturated rings. The van der Waals surface area contributed by atoms with Crippen LogP contribution >= 0.6 is 0 Å². The van der Waals surface area contributed by atoms with E-state index in [2.05, 4.69) is 52.1 Å². The highest BCUT2D eigenvalue weighted by Crippen LogP contribution is 2.43. The Morgan fingerprint density at radius 3 is 2.51 bits per heavy atom. The lowest BCUT2D eigenvalue weighted by atomic mass is 9.92. The highest BCUT2D eigenvalue weighted by atomic mass is 16.6. The predicted molar refractivity (Wildman–Crippen MR) is 145 cm³/mol. The number of rotatable bonds is 6. The summed E-state index contributed by atoms with van der Waals surface area (Å²) in [6.07, 6.45) is 6.97.